The largest absolute Gasteiger partial charge is 0.294 e. The first-order valence-electron chi connectivity index (χ1n) is 16.0. The van der Waals surface area contributed by atoms with Crippen LogP contribution in [0.4, 0.5) is 0 Å². The van der Waals surface area contributed by atoms with E-state index in [9.17, 15) is 0 Å². The van der Waals surface area contributed by atoms with E-state index in [0.29, 0.717) is 5.41 Å². The van der Waals surface area contributed by atoms with Crippen molar-refractivity contribution in [2.45, 2.75) is 161 Å². The Morgan fingerprint density at radius 3 is 2.35 bits per heavy atom. The van der Waals surface area contributed by atoms with Crippen LogP contribution in [0, 0.1) is 35.0 Å². The topological polar surface area (TPSA) is 3.24 Å². The van der Waals surface area contributed by atoms with Crippen molar-refractivity contribution in [1.29, 1.82) is 0 Å². The summed E-state index contributed by atoms with van der Waals surface area (Å²) >= 11 is 0. The minimum Gasteiger partial charge on any atom is -0.294 e. The third-order valence-corrected chi connectivity index (χ3v) is 12.2. The van der Waals surface area contributed by atoms with Crippen molar-refractivity contribution < 1.29 is 0 Å². The monoisotopic (exact) mass is 467 g/mol. The molecular weight excluding hydrogens is 410 g/mol. The Balaban J connectivity index is 1.37. The van der Waals surface area contributed by atoms with E-state index in [1.54, 1.807) is 31.3 Å². The van der Waals surface area contributed by atoms with Crippen LogP contribution in [0.5, 0.6) is 0 Å². The maximum Gasteiger partial charge on any atom is 0.0158 e. The summed E-state index contributed by atoms with van der Waals surface area (Å²) in [6.45, 7) is 12.3. The standard InChI is InChI=1S/C33H57N/c1-5-7-11-25-18-17-24(3)20-30(21-25)34(29-14-9-15-29)32-16-10-19-33(32,4)28-22-26(6-2)31(23-28)27-12-8-13-27/h25-32H,3,5-23H2,1-2,4H3. The van der Waals surface area contributed by atoms with Crippen molar-refractivity contribution in [2.75, 3.05) is 0 Å². The summed E-state index contributed by atoms with van der Waals surface area (Å²) in [5.41, 5.74) is 2.14. The molecule has 0 spiro atoms. The first-order valence-corrected chi connectivity index (χ1v) is 16.0. The van der Waals surface area contributed by atoms with Crippen LogP contribution in [0.1, 0.15) is 143 Å². The van der Waals surface area contributed by atoms with E-state index in [4.69, 9.17) is 0 Å². The first kappa shape index (κ1) is 25.4. The molecule has 7 atom stereocenters. The maximum atomic E-state index is 4.60. The first-order chi connectivity index (χ1) is 16.5. The van der Waals surface area contributed by atoms with Crippen LogP contribution in [0.25, 0.3) is 0 Å². The van der Waals surface area contributed by atoms with Gasteiger partial charge in [0.1, 0.15) is 0 Å². The maximum absolute atomic E-state index is 4.60. The average Bonchev–Trinajstić information content (AvgIpc) is 3.29. The summed E-state index contributed by atoms with van der Waals surface area (Å²) in [5.74, 6) is 5.11. The molecule has 0 aromatic heterocycles. The lowest BCUT2D eigenvalue weighted by Gasteiger charge is -2.53. The second-order valence-corrected chi connectivity index (χ2v) is 14.0. The molecule has 0 amide bonds. The lowest BCUT2D eigenvalue weighted by molar-refractivity contribution is -0.0363. The number of unbranched alkanes of at least 4 members (excludes halogenated alkanes) is 1. The molecule has 0 heterocycles. The van der Waals surface area contributed by atoms with Gasteiger partial charge >= 0.3 is 0 Å². The van der Waals surface area contributed by atoms with Crippen LogP contribution in [0.15, 0.2) is 12.2 Å². The van der Waals surface area contributed by atoms with E-state index in [1.165, 1.54) is 96.3 Å². The molecule has 0 bridgehead atoms. The number of rotatable bonds is 9. The lowest BCUT2D eigenvalue weighted by atomic mass is 9.68. The Hall–Kier alpha value is -0.300. The van der Waals surface area contributed by atoms with E-state index in [1.807, 2.05) is 0 Å². The Kier molecular flexibility index (Phi) is 8.19. The van der Waals surface area contributed by atoms with Gasteiger partial charge in [0.15, 0.2) is 0 Å². The van der Waals surface area contributed by atoms with Gasteiger partial charge in [0, 0.05) is 18.1 Å². The van der Waals surface area contributed by atoms with E-state index in [0.717, 1.165) is 47.7 Å². The zero-order valence-corrected chi connectivity index (χ0v) is 23.2. The lowest BCUT2D eigenvalue weighted by Crippen LogP contribution is -2.57. The molecular formula is C33H57N. The summed E-state index contributed by atoms with van der Waals surface area (Å²) < 4.78 is 0. The van der Waals surface area contributed by atoms with Gasteiger partial charge in [0.05, 0.1) is 0 Å². The molecule has 0 radical (unpaired) electrons. The van der Waals surface area contributed by atoms with Crippen LogP contribution < -0.4 is 0 Å². The second kappa shape index (κ2) is 11.0. The van der Waals surface area contributed by atoms with Gasteiger partial charge in [-0.2, -0.15) is 0 Å². The molecule has 5 fully saturated rings. The number of hydrogen-bond donors (Lipinski definition) is 0. The minimum absolute atomic E-state index is 0.564. The summed E-state index contributed by atoms with van der Waals surface area (Å²) in [6.07, 6.45) is 27.8. The second-order valence-electron chi connectivity index (χ2n) is 14.0. The highest BCUT2D eigenvalue weighted by Crippen LogP contribution is 2.59. The van der Waals surface area contributed by atoms with E-state index in [2.05, 4.69) is 32.3 Å². The molecule has 0 saturated heterocycles. The van der Waals surface area contributed by atoms with Gasteiger partial charge < -0.3 is 0 Å². The third kappa shape index (κ3) is 4.95. The average molecular weight is 468 g/mol. The normalized spacial score (nSPS) is 42.1. The Labute approximate surface area is 212 Å². The fourth-order valence-electron chi connectivity index (χ4n) is 9.65. The van der Waals surface area contributed by atoms with Crippen LogP contribution in [0.3, 0.4) is 0 Å². The molecule has 5 saturated carbocycles. The highest BCUT2D eigenvalue weighted by atomic mass is 15.2. The predicted octanol–water partition coefficient (Wildman–Crippen LogP) is 9.56. The summed E-state index contributed by atoms with van der Waals surface area (Å²) in [7, 11) is 0. The fraction of sp³-hybridized carbons (Fsp3) is 0.939. The van der Waals surface area contributed by atoms with Gasteiger partial charge in [-0.15, -0.1) is 0 Å². The van der Waals surface area contributed by atoms with E-state index in [-0.39, 0.29) is 0 Å². The highest BCUT2D eigenvalue weighted by Gasteiger charge is 2.54. The van der Waals surface area contributed by atoms with Crippen LogP contribution >= 0.6 is 0 Å². The van der Waals surface area contributed by atoms with Crippen molar-refractivity contribution >= 4 is 0 Å². The Morgan fingerprint density at radius 1 is 0.912 bits per heavy atom. The zero-order valence-electron chi connectivity index (χ0n) is 23.2. The quantitative estimate of drug-likeness (QED) is 0.241. The van der Waals surface area contributed by atoms with Gasteiger partial charge in [-0.3, -0.25) is 4.90 Å². The molecule has 0 aromatic carbocycles. The molecule has 0 N–H and O–H groups in total. The molecule has 5 aliphatic carbocycles. The molecule has 1 nitrogen and oxygen atoms in total. The van der Waals surface area contributed by atoms with Crippen molar-refractivity contribution in [3.63, 3.8) is 0 Å². The van der Waals surface area contributed by atoms with Gasteiger partial charge in [-0.1, -0.05) is 90.7 Å². The molecule has 7 unspecified atom stereocenters. The van der Waals surface area contributed by atoms with Crippen molar-refractivity contribution in [3.05, 3.63) is 12.2 Å². The molecule has 0 aromatic rings. The minimum atomic E-state index is 0.564. The summed E-state index contributed by atoms with van der Waals surface area (Å²) in [6, 6.07) is 2.52. The van der Waals surface area contributed by atoms with Gasteiger partial charge in [0.2, 0.25) is 0 Å². The van der Waals surface area contributed by atoms with E-state index >= 15 is 0 Å². The highest BCUT2D eigenvalue weighted by molar-refractivity contribution is 5.09. The fourth-order valence-corrected chi connectivity index (χ4v) is 9.65. The van der Waals surface area contributed by atoms with Gasteiger partial charge in [-0.25, -0.2) is 0 Å². The predicted molar refractivity (Wildman–Crippen MR) is 147 cm³/mol. The third-order valence-electron chi connectivity index (χ3n) is 12.2. The van der Waals surface area contributed by atoms with Crippen molar-refractivity contribution in [1.82, 2.24) is 4.90 Å². The Bertz CT molecular complexity index is 674. The molecule has 0 aliphatic heterocycles. The van der Waals surface area contributed by atoms with Crippen LogP contribution in [-0.4, -0.2) is 23.0 Å². The number of hydrogen-bond acceptors (Lipinski definition) is 1. The molecule has 194 valence electrons. The smallest absolute Gasteiger partial charge is 0.0158 e. The molecule has 5 rings (SSSR count). The zero-order chi connectivity index (χ0) is 23.7. The van der Waals surface area contributed by atoms with Crippen molar-refractivity contribution in [3.8, 4) is 0 Å². The summed E-state index contributed by atoms with van der Waals surface area (Å²) in [5, 5.41) is 0. The van der Waals surface area contributed by atoms with Gasteiger partial charge in [0.25, 0.3) is 0 Å². The molecule has 5 aliphatic rings. The summed E-state index contributed by atoms with van der Waals surface area (Å²) in [4.78, 5) is 3.23. The van der Waals surface area contributed by atoms with Crippen molar-refractivity contribution in [2.24, 2.45) is 35.0 Å². The molecule has 1 heteroatoms. The molecule has 34 heavy (non-hydrogen) atoms. The van der Waals surface area contributed by atoms with E-state index < -0.39 is 0 Å². The van der Waals surface area contributed by atoms with Gasteiger partial charge in [-0.05, 0) is 99.2 Å². The Morgan fingerprint density at radius 2 is 1.71 bits per heavy atom. The number of nitrogens with zero attached hydrogens (tertiary/aromatic N) is 1. The van der Waals surface area contributed by atoms with Crippen LogP contribution in [0.2, 0.25) is 0 Å². The SMILES string of the molecule is C=C1CCC(CCCC)CC(N(C2CCC2)C2CCCC2(C)C2CC(CC)C(C3CCC3)C2)C1. The van der Waals surface area contributed by atoms with Crippen LogP contribution in [-0.2, 0) is 0 Å².